The van der Waals surface area contributed by atoms with Gasteiger partial charge in [-0.3, -0.25) is 0 Å². The first-order chi connectivity index (χ1) is 5.13. The molecular formula is C7H7F4. The monoisotopic (exact) mass is 167 g/mol. The van der Waals surface area contributed by atoms with Gasteiger partial charge in [-0.05, 0) is 31.4 Å². The summed E-state index contributed by atoms with van der Waals surface area (Å²) in [4.78, 5) is 0. The van der Waals surface area contributed by atoms with Gasteiger partial charge in [-0.1, -0.05) is 0 Å². The van der Waals surface area contributed by atoms with Gasteiger partial charge in [0, 0.05) is 0 Å². The van der Waals surface area contributed by atoms with Crippen LogP contribution in [0.2, 0.25) is 0 Å². The molecule has 0 aliphatic rings. The van der Waals surface area contributed by atoms with Crippen molar-refractivity contribution in [2.75, 3.05) is 0 Å². The van der Waals surface area contributed by atoms with Crippen LogP contribution in [0.15, 0.2) is 24.3 Å². The highest BCUT2D eigenvalue weighted by Crippen LogP contribution is 2.05. The Morgan fingerprint density at radius 1 is 0.818 bits per heavy atom. The molecule has 0 atom stereocenters. The molecule has 0 aromatic carbocycles. The molecule has 0 aromatic heterocycles. The Morgan fingerprint density at radius 3 is 1.45 bits per heavy atom. The molecule has 0 nitrogen and oxygen atoms in total. The van der Waals surface area contributed by atoms with Gasteiger partial charge in [-0.2, -0.15) is 17.6 Å². The summed E-state index contributed by atoms with van der Waals surface area (Å²) in [5, 5.41) is 0. The molecule has 0 saturated heterocycles. The second kappa shape index (κ2) is 5.95. The van der Waals surface area contributed by atoms with E-state index in [1.807, 2.05) is 0 Å². The summed E-state index contributed by atoms with van der Waals surface area (Å²) >= 11 is 0. The van der Waals surface area contributed by atoms with Gasteiger partial charge in [-0.15, -0.1) is 0 Å². The van der Waals surface area contributed by atoms with Crippen LogP contribution in [0.1, 0.15) is 12.8 Å². The van der Waals surface area contributed by atoms with Crippen LogP contribution < -0.4 is 0 Å². The topological polar surface area (TPSA) is 0 Å². The van der Waals surface area contributed by atoms with Gasteiger partial charge in [0.05, 0.1) is 0 Å². The molecular weight excluding hydrogens is 160 g/mol. The number of halogens is 4. The van der Waals surface area contributed by atoms with E-state index >= 15 is 0 Å². The summed E-state index contributed by atoms with van der Waals surface area (Å²) < 4.78 is 45.2. The van der Waals surface area contributed by atoms with E-state index in [1.54, 1.807) is 0 Å². The van der Waals surface area contributed by atoms with Gasteiger partial charge < -0.3 is 0 Å². The Hall–Kier alpha value is -0.800. The molecule has 1 radical (unpaired) electrons. The molecule has 63 valence electrons. The van der Waals surface area contributed by atoms with Crippen LogP contribution in [0.4, 0.5) is 17.6 Å². The Labute approximate surface area is 62.2 Å². The van der Waals surface area contributed by atoms with Crippen LogP contribution in [0.25, 0.3) is 0 Å². The maximum absolute atomic E-state index is 11.3. The second-order valence-electron chi connectivity index (χ2n) is 1.75. The van der Waals surface area contributed by atoms with Gasteiger partial charge in [0.25, 0.3) is 12.2 Å². The Kier molecular flexibility index (Phi) is 5.51. The SMILES string of the molecule is FC(F)=CC[CH]CC=C(F)F. The maximum atomic E-state index is 11.3. The molecule has 0 unspecified atom stereocenters. The van der Waals surface area contributed by atoms with Gasteiger partial charge in [0.2, 0.25) is 0 Å². The van der Waals surface area contributed by atoms with Gasteiger partial charge in [0.1, 0.15) is 0 Å². The molecule has 0 saturated carbocycles. The van der Waals surface area contributed by atoms with Crippen molar-refractivity contribution in [1.29, 1.82) is 0 Å². The highest BCUT2D eigenvalue weighted by Gasteiger charge is 1.90. The summed E-state index contributed by atoms with van der Waals surface area (Å²) in [6, 6.07) is 0. The van der Waals surface area contributed by atoms with Crippen LogP contribution in [0.5, 0.6) is 0 Å². The van der Waals surface area contributed by atoms with Crippen molar-refractivity contribution in [2.45, 2.75) is 12.8 Å². The standard InChI is InChI=1S/C7H7F4/c8-6(9)4-2-1-3-5-7(10)11/h1,4-5H,2-3H2. The molecule has 0 bridgehead atoms. The van der Waals surface area contributed by atoms with E-state index in [9.17, 15) is 17.6 Å². The molecule has 0 aromatic rings. The fourth-order valence-corrected chi connectivity index (χ4v) is 0.441. The number of hydrogen-bond donors (Lipinski definition) is 0. The zero-order valence-corrected chi connectivity index (χ0v) is 5.66. The normalized spacial score (nSPS) is 9.09. The molecule has 0 heterocycles. The van der Waals surface area contributed by atoms with Crippen LogP contribution >= 0.6 is 0 Å². The van der Waals surface area contributed by atoms with Crippen LogP contribution in [-0.4, -0.2) is 0 Å². The first-order valence-corrected chi connectivity index (χ1v) is 2.97. The second-order valence-corrected chi connectivity index (χ2v) is 1.75. The van der Waals surface area contributed by atoms with E-state index in [0.29, 0.717) is 12.2 Å². The Balaban J connectivity index is 3.29. The first-order valence-electron chi connectivity index (χ1n) is 2.97. The van der Waals surface area contributed by atoms with Crippen molar-refractivity contribution in [3.8, 4) is 0 Å². The molecule has 0 amide bonds. The summed E-state index contributed by atoms with van der Waals surface area (Å²) in [6.07, 6.45) is -0.860. The molecule has 4 heteroatoms. The average Bonchev–Trinajstić information content (AvgIpc) is 1.85. The van der Waals surface area contributed by atoms with Gasteiger partial charge in [0.15, 0.2) is 0 Å². The minimum Gasteiger partial charge on any atom is -0.174 e. The van der Waals surface area contributed by atoms with E-state index in [0.717, 1.165) is 0 Å². The lowest BCUT2D eigenvalue weighted by atomic mass is 10.2. The zero-order valence-electron chi connectivity index (χ0n) is 5.66. The van der Waals surface area contributed by atoms with E-state index in [1.165, 1.54) is 6.42 Å². The average molecular weight is 167 g/mol. The van der Waals surface area contributed by atoms with Crippen molar-refractivity contribution in [3.05, 3.63) is 30.7 Å². The molecule has 11 heavy (non-hydrogen) atoms. The highest BCUT2D eigenvalue weighted by molar-refractivity contribution is 4.92. The van der Waals surface area contributed by atoms with Crippen molar-refractivity contribution in [3.63, 3.8) is 0 Å². The molecule has 0 rings (SSSR count). The molecule has 0 spiro atoms. The smallest absolute Gasteiger partial charge is 0.174 e. The summed E-state index contributed by atoms with van der Waals surface area (Å²) in [5.41, 5.74) is 0. The molecule has 0 aliphatic heterocycles. The lowest BCUT2D eigenvalue weighted by Crippen LogP contribution is -1.72. The summed E-state index contributed by atoms with van der Waals surface area (Å²) in [7, 11) is 0. The number of rotatable bonds is 4. The quantitative estimate of drug-likeness (QED) is 0.443. The third kappa shape index (κ3) is 9.20. The molecule has 0 N–H and O–H groups in total. The van der Waals surface area contributed by atoms with Crippen LogP contribution in [-0.2, 0) is 0 Å². The Bertz CT molecular complexity index is 134. The molecule has 0 fully saturated rings. The van der Waals surface area contributed by atoms with E-state index in [4.69, 9.17) is 0 Å². The first kappa shape index (κ1) is 10.2. The van der Waals surface area contributed by atoms with Crippen molar-refractivity contribution in [1.82, 2.24) is 0 Å². The van der Waals surface area contributed by atoms with Gasteiger partial charge >= 0.3 is 0 Å². The lowest BCUT2D eigenvalue weighted by molar-refractivity contribution is 0.417. The lowest BCUT2D eigenvalue weighted by Gasteiger charge is -1.87. The van der Waals surface area contributed by atoms with Crippen molar-refractivity contribution in [2.24, 2.45) is 0 Å². The molecule has 0 aliphatic carbocycles. The summed E-state index contributed by atoms with van der Waals surface area (Å²) in [5.74, 6) is 0. The van der Waals surface area contributed by atoms with E-state index in [2.05, 4.69) is 0 Å². The Morgan fingerprint density at radius 2 is 1.18 bits per heavy atom. The minimum atomic E-state index is -1.79. The van der Waals surface area contributed by atoms with E-state index in [-0.39, 0.29) is 12.8 Å². The minimum absolute atomic E-state index is 0.0200. The fraction of sp³-hybridized carbons (Fsp3) is 0.286. The maximum Gasteiger partial charge on any atom is 0.266 e. The third-order valence-electron chi connectivity index (χ3n) is 0.878. The van der Waals surface area contributed by atoms with E-state index < -0.39 is 12.2 Å². The van der Waals surface area contributed by atoms with Crippen molar-refractivity contribution >= 4 is 0 Å². The third-order valence-corrected chi connectivity index (χ3v) is 0.878. The number of allylic oxidation sites excluding steroid dienone is 2. The predicted molar refractivity (Wildman–Crippen MR) is 34.1 cm³/mol. The van der Waals surface area contributed by atoms with Gasteiger partial charge in [-0.25, -0.2) is 0 Å². The largest absolute Gasteiger partial charge is 0.266 e. The van der Waals surface area contributed by atoms with Crippen LogP contribution in [0.3, 0.4) is 0 Å². The van der Waals surface area contributed by atoms with Crippen molar-refractivity contribution < 1.29 is 17.6 Å². The number of unbranched alkanes of at least 4 members (excludes halogenated alkanes) is 2. The predicted octanol–water partition coefficient (Wildman–Crippen LogP) is 3.53. The zero-order chi connectivity index (χ0) is 8.69. The fourth-order valence-electron chi connectivity index (χ4n) is 0.441. The number of hydrogen-bond acceptors (Lipinski definition) is 0. The summed E-state index contributed by atoms with van der Waals surface area (Å²) in [6.45, 7) is 0. The highest BCUT2D eigenvalue weighted by atomic mass is 19.3. The van der Waals surface area contributed by atoms with Crippen LogP contribution in [0, 0.1) is 6.42 Å².